The van der Waals surface area contributed by atoms with Crippen LogP contribution >= 0.6 is 0 Å². The topological polar surface area (TPSA) is 105 Å². The standard InChI is InChI=1S/C21H20N2O6/c24-19(25)11-23-10-13(29-21(23)27)9-22-20(26)28-12-18-16-7-3-1-5-14(16)15-6-2-4-8-17(15)18/h1-8,13,18H,9-12H2,(H,22,26)(H,24,25). The van der Waals surface area contributed by atoms with Crippen molar-refractivity contribution in [3.63, 3.8) is 0 Å². The molecular formula is C21H20N2O6. The Balaban J connectivity index is 1.32. The predicted octanol–water partition coefficient (Wildman–Crippen LogP) is 2.43. The zero-order valence-electron chi connectivity index (χ0n) is 15.5. The summed E-state index contributed by atoms with van der Waals surface area (Å²) in [5.41, 5.74) is 4.54. The molecule has 2 aromatic rings. The zero-order chi connectivity index (χ0) is 20.4. The van der Waals surface area contributed by atoms with E-state index in [1.165, 1.54) is 0 Å². The largest absolute Gasteiger partial charge is 0.480 e. The van der Waals surface area contributed by atoms with Crippen molar-refractivity contribution in [2.75, 3.05) is 26.2 Å². The Bertz CT molecular complexity index is 914. The van der Waals surface area contributed by atoms with E-state index in [0.717, 1.165) is 27.2 Å². The number of carbonyl (C=O) groups excluding carboxylic acids is 2. The number of fused-ring (bicyclic) bond motifs is 3. The Morgan fingerprint density at radius 2 is 1.72 bits per heavy atom. The van der Waals surface area contributed by atoms with Crippen molar-refractivity contribution in [1.82, 2.24) is 10.2 Å². The molecule has 8 nitrogen and oxygen atoms in total. The molecule has 2 N–H and O–H groups in total. The van der Waals surface area contributed by atoms with Gasteiger partial charge in [-0.15, -0.1) is 0 Å². The minimum Gasteiger partial charge on any atom is -0.480 e. The second kappa shape index (κ2) is 7.83. The summed E-state index contributed by atoms with van der Waals surface area (Å²) in [4.78, 5) is 35.5. The summed E-state index contributed by atoms with van der Waals surface area (Å²) in [6.07, 6.45) is -1.92. The number of hydrogen-bond donors (Lipinski definition) is 2. The molecule has 1 aliphatic carbocycles. The molecule has 1 fully saturated rings. The normalized spacial score (nSPS) is 17.4. The third kappa shape index (κ3) is 3.87. The molecule has 150 valence electrons. The number of ether oxygens (including phenoxy) is 2. The molecule has 0 radical (unpaired) electrons. The van der Waals surface area contributed by atoms with Crippen molar-refractivity contribution in [2.45, 2.75) is 12.0 Å². The summed E-state index contributed by atoms with van der Waals surface area (Å²) in [6.45, 7) is -0.0803. The average molecular weight is 396 g/mol. The SMILES string of the molecule is O=C(O)CN1CC(CNC(=O)OCC2c3ccccc3-c3ccccc32)OC1=O. The third-order valence-electron chi connectivity index (χ3n) is 5.09. The van der Waals surface area contributed by atoms with Crippen LogP contribution in [0.4, 0.5) is 9.59 Å². The number of carboxylic acids is 1. The fraction of sp³-hybridized carbons (Fsp3) is 0.286. The van der Waals surface area contributed by atoms with E-state index in [1.807, 2.05) is 36.4 Å². The number of rotatable bonds is 6. The lowest BCUT2D eigenvalue weighted by Crippen LogP contribution is -2.36. The fourth-order valence-electron chi connectivity index (χ4n) is 3.82. The van der Waals surface area contributed by atoms with Gasteiger partial charge in [0.2, 0.25) is 0 Å². The Morgan fingerprint density at radius 3 is 2.34 bits per heavy atom. The van der Waals surface area contributed by atoms with Crippen LogP contribution in [-0.4, -0.2) is 60.5 Å². The highest BCUT2D eigenvalue weighted by Gasteiger charge is 2.33. The average Bonchev–Trinajstić information content (AvgIpc) is 3.22. The fourth-order valence-corrected chi connectivity index (χ4v) is 3.82. The molecule has 4 rings (SSSR count). The van der Waals surface area contributed by atoms with Crippen LogP contribution in [0.15, 0.2) is 48.5 Å². The number of carbonyl (C=O) groups is 3. The molecule has 2 aliphatic rings. The molecule has 2 aromatic carbocycles. The van der Waals surface area contributed by atoms with Gasteiger partial charge in [0, 0.05) is 5.92 Å². The van der Waals surface area contributed by atoms with Crippen LogP contribution in [0.1, 0.15) is 17.0 Å². The first-order valence-electron chi connectivity index (χ1n) is 9.29. The third-order valence-corrected chi connectivity index (χ3v) is 5.09. The quantitative estimate of drug-likeness (QED) is 0.777. The van der Waals surface area contributed by atoms with Crippen LogP contribution in [0.25, 0.3) is 11.1 Å². The lowest BCUT2D eigenvalue weighted by molar-refractivity contribution is -0.137. The van der Waals surface area contributed by atoms with E-state index >= 15 is 0 Å². The van der Waals surface area contributed by atoms with Crippen LogP contribution in [0.5, 0.6) is 0 Å². The number of benzene rings is 2. The van der Waals surface area contributed by atoms with Crippen LogP contribution in [0.3, 0.4) is 0 Å². The van der Waals surface area contributed by atoms with Gasteiger partial charge in [-0.25, -0.2) is 9.59 Å². The maximum Gasteiger partial charge on any atom is 0.410 e. The smallest absolute Gasteiger partial charge is 0.410 e. The molecule has 2 amide bonds. The van der Waals surface area contributed by atoms with Gasteiger partial charge in [0.1, 0.15) is 19.3 Å². The van der Waals surface area contributed by atoms with Crippen molar-refractivity contribution < 1.29 is 29.0 Å². The number of carboxylic acid groups (broad SMARTS) is 1. The number of amides is 2. The molecule has 0 saturated carbocycles. The van der Waals surface area contributed by atoms with Crippen LogP contribution in [0.2, 0.25) is 0 Å². The predicted molar refractivity (Wildman–Crippen MR) is 103 cm³/mol. The number of aliphatic carboxylic acids is 1. The molecule has 1 atom stereocenters. The van der Waals surface area contributed by atoms with Gasteiger partial charge in [-0.3, -0.25) is 9.69 Å². The van der Waals surface area contributed by atoms with Gasteiger partial charge >= 0.3 is 18.2 Å². The van der Waals surface area contributed by atoms with E-state index in [4.69, 9.17) is 14.6 Å². The molecule has 0 spiro atoms. The molecule has 1 heterocycles. The van der Waals surface area contributed by atoms with E-state index in [0.29, 0.717) is 0 Å². The summed E-state index contributed by atoms with van der Waals surface area (Å²) in [5.74, 6) is -1.16. The van der Waals surface area contributed by atoms with Crippen LogP contribution < -0.4 is 5.32 Å². The van der Waals surface area contributed by atoms with E-state index in [1.54, 1.807) is 0 Å². The highest BCUT2D eigenvalue weighted by atomic mass is 16.6. The summed E-state index contributed by atoms with van der Waals surface area (Å²) in [6, 6.07) is 16.1. The first kappa shape index (κ1) is 18.8. The minimum atomic E-state index is -1.12. The number of nitrogens with zero attached hydrogens (tertiary/aromatic N) is 1. The van der Waals surface area contributed by atoms with Crippen LogP contribution in [0, 0.1) is 0 Å². The van der Waals surface area contributed by atoms with Crippen molar-refractivity contribution in [3.8, 4) is 11.1 Å². The van der Waals surface area contributed by atoms with E-state index in [2.05, 4.69) is 17.4 Å². The number of nitrogens with one attached hydrogen (secondary N) is 1. The van der Waals surface area contributed by atoms with Crippen molar-refractivity contribution in [3.05, 3.63) is 59.7 Å². The van der Waals surface area contributed by atoms with Gasteiger partial charge in [-0.2, -0.15) is 0 Å². The molecule has 0 bridgehead atoms. The Labute approximate surface area is 167 Å². The first-order valence-corrected chi connectivity index (χ1v) is 9.29. The number of alkyl carbamates (subject to hydrolysis) is 1. The van der Waals surface area contributed by atoms with Gasteiger partial charge in [-0.1, -0.05) is 48.5 Å². The highest BCUT2D eigenvalue weighted by molar-refractivity contribution is 5.79. The second-order valence-electron chi connectivity index (χ2n) is 6.99. The van der Waals surface area contributed by atoms with Crippen molar-refractivity contribution in [2.24, 2.45) is 0 Å². The molecule has 1 unspecified atom stereocenters. The maximum absolute atomic E-state index is 12.1. The summed E-state index contributed by atoms with van der Waals surface area (Å²) in [5, 5.41) is 11.3. The second-order valence-corrected chi connectivity index (χ2v) is 6.99. The molecular weight excluding hydrogens is 376 g/mol. The van der Waals surface area contributed by atoms with Crippen molar-refractivity contribution in [1.29, 1.82) is 0 Å². The van der Waals surface area contributed by atoms with Gasteiger partial charge in [0.25, 0.3) is 0 Å². The van der Waals surface area contributed by atoms with Gasteiger partial charge < -0.3 is 19.9 Å². The lowest BCUT2D eigenvalue weighted by atomic mass is 9.98. The molecule has 1 saturated heterocycles. The monoisotopic (exact) mass is 396 g/mol. The Kier molecular flexibility index (Phi) is 5.07. The zero-order valence-corrected chi connectivity index (χ0v) is 15.5. The molecule has 0 aromatic heterocycles. The molecule has 1 aliphatic heterocycles. The number of hydrogen-bond acceptors (Lipinski definition) is 5. The highest BCUT2D eigenvalue weighted by Crippen LogP contribution is 2.44. The summed E-state index contributed by atoms with van der Waals surface area (Å²) in [7, 11) is 0. The Hall–Kier alpha value is -3.55. The van der Waals surface area contributed by atoms with Gasteiger partial charge in [0.15, 0.2) is 0 Å². The van der Waals surface area contributed by atoms with Crippen molar-refractivity contribution >= 4 is 18.2 Å². The lowest BCUT2D eigenvalue weighted by Gasteiger charge is -2.15. The number of cyclic esters (lactones) is 1. The van der Waals surface area contributed by atoms with E-state index in [9.17, 15) is 14.4 Å². The Morgan fingerprint density at radius 1 is 1.10 bits per heavy atom. The van der Waals surface area contributed by atoms with Gasteiger partial charge in [-0.05, 0) is 22.3 Å². The maximum atomic E-state index is 12.1. The summed E-state index contributed by atoms with van der Waals surface area (Å²) >= 11 is 0. The van der Waals surface area contributed by atoms with Crippen LogP contribution in [-0.2, 0) is 14.3 Å². The van der Waals surface area contributed by atoms with Gasteiger partial charge in [0.05, 0.1) is 13.1 Å². The summed E-state index contributed by atoms with van der Waals surface area (Å²) < 4.78 is 10.5. The molecule has 29 heavy (non-hydrogen) atoms. The van der Waals surface area contributed by atoms with E-state index in [-0.39, 0.29) is 25.6 Å². The van der Waals surface area contributed by atoms with E-state index < -0.39 is 30.8 Å². The molecule has 8 heteroatoms. The first-order chi connectivity index (χ1) is 14.0. The minimum absolute atomic E-state index is 0.0384.